The van der Waals surface area contributed by atoms with Gasteiger partial charge in [0.1, 0.15) is 0 Å². The largest absolute Gasteiger partial charge is 0.396 e. The summed E-state index contributed by atoms with van der Waals surface area (Å²) in [5, 5.41) is 8.81. The van der Waals surface area contributed by atoms with Crippen LogP contribution in [-0.2, 0) is 4.74 Å². The first kappa shape index (κ1) is 9.96. The molecule has 1 unspecified atom stereocenters. The molecular formula is C9H19NO2. The van der Waals surface area contributed by atoms with Crippen molar-refractivity contribution in [2.24, 2.45) is 0 Å². The normalized spacial score (nSPS) is 25.0. The van der Waals surface area contributed by atoms with Gasteiger partial charge in [-0.3, -0.25) is 4.90 Å². The lowest BCUT2D eigenvalue weighted by Crippen LogP contribution is -2.32. The molecule has 0 spiro atoms. The second-order valence-corrected chi connectivity index (χ2v) is 3.34. The van der Waals surface area contributed by atoms with Gasteiger partial charge in [0, 0.05) is 26.3 Å². The molecule has 0 aromatic rings. The predicted octanol–water partition coefficient (Wildman–Crippen LogP) is 0.480. The third kappa shape index (κ3) is 2.73. The minimum atomic E-state index is 0.314. The molecule has 1 fully saturated rings. The lowest BCUT2D eigenvalue weighted by molar-refractivity contribution is 0.129. The maximum absolute atomic E-state index is 8.81. The van der Waals surface area contributed by atoms with Gasteiger partial charge < -0.3 is 9.84 Å². The van der Waals surface area contributed by atoms with Crippen molar-refractivity contribution in [2.75, 3.05) is 33.4 Å². The summed E-state index contributed by atoms with van der Waals surface area (Å²) in [5.41, 5.74) is 0. The van der Waals surface area contributed by atoms with Crippen LogP contribution in [-0.4, -0.2) is 49.5 Å². The number of likely N-dealkylation sites (tertiary alicyclic amines) is 1. The zero-order valence-corrected chi connectivity index (χ0v) is 7.83. The van der Waals surface area contributed by atoms with Gasteiger partial charge in [0.25, 0.3) is 0 Å². The van der Waals surface area contributed by atoms with Crippen molar-refractivity contribution in [2.45, 2.75) is 25.3 Å². The second-order valence-electron chi connectivity index (χ2n) is 3.34. The van der Waals surface area contributed by atoms with Crippen molar-refractivity contribution in [3.8, 4) is 0 Å². The average Bonchev–Trinajstić information content (AvgIpc) is 2.50. The van der Waals surface area contributed by atoms with E-state index in [1.54, 1.807) is 7.11 Å². The molecule has 1 saturated heterocycles. The Kier molecular flexibility index (Phi) is 4.58. The molecule has 1 N–H and O–H groups in total. The van der Waals surface area contributed by atoms with Crippen molar-refractivity contribution < 1.29 is 9.84 Å². The fraction of sp³-hybridized carbons (Fsp3) is 1.00. The van der Waals surface area contributed by atoms with Crippen LogP contribution in [0.4, 0.5) is 0 Å². The van der Waals surface area contributed by atoms with Crippen LogP contribution < -0.4 is 0 Å². The molecule has 0 bridgehead atoms. The average molecular weight is 173 g/mol. The third-order valence-corrected chi connectivity index (χ3v) is 2.54. The predicted molar refractivity (Wildman–Crippen MR) is 48.2 cm³/mol. The van der Waals surface area contributed by atoms with Crippen molar-refractivity contribution in [1.29, 1.82) is 0 Å². The van der Waals surface area contributed by atoms with Crippen LogP contribution in [0.3, 0.4) is 0 Å². The van der Waals surface area contributed by atoms with Crippen LogP contribution in [0.1, 0.15) is 19.3 Å². The van der Waals surface area contributed by atoms with Gasteiger partial charge in [0.2, 0.25) is 0 Å². The van der Waals surface area contributed by atoms with E-state index in [9.17, 15) is 0 Å². The number of hydrogen-bond donors (Lipinski definition) is 1. The van der Waals surface area contributed by atoms with Crippen molar-refractivity contribution in [1.82, 2.24) is 4.90 Å². The van der Waals surface area contributed by atoms with Gasteiger partial charge in [0.15, 0.2) is 0 Å². The third-order valence-electron chi connectivity index (χ3n) is 2.54. The minimum absolute atomic E-state index is 0.314. The van der Waals surface area contributed by atoms with Gasteiger partial charge in [-0.1, -0.05) is 0 Å². The van der Waals surface area contributed by atoms with E-state index >= 15 is 0 Å². The number of aliphatic hydroxyl groups excluding tert-OH is 1. The van der Waals surface area contributed by atoms with E-state index in [4.69, 9.17) is 9.84 Å². The Balaban J connectivity index is 2.20. The summed E-state index contributed by atoms with van der Waals surface area (Å²) in [6.45, 7) is 3.31. The Hall–Kier alpha value is -0.120. The van der Waals surface area contributed by atoms with Crippen LogP contribution in [0.5, 0.6) is 0 Å². The lowest BCUT2D eigenvalue weighted by atomic mass is 10.1. The Labute approximate surface area is 74.3 Å². The summed E-state index contributed by atoms with van der Waals surface area (Å²) >= 11 is 0. The van der Waals surface area contributed by atoms with E-state index in [0.717, 1.165) is 19.6 Å². The van der Waals surface area contributed by atoms with E-state index in [1.807, 2.05) is 0 Å². The van der Waals surface area contributed by atoms with Crippen LogP contribution in [0.15, 0.2) is 0 Å². The van der Waals surface area contributed by atoms with Crippen molar-refractivity contribution in [3.05, 3.63) is 0 Å². The number of aliphatic hydroxyl groups is 1. The fourth-order valence-corrected chi connectivity index (χ4v) is 1.87. The zero-order valence-electron chi connectivity index (χ0n) is 7.83. The number of rotatable bonds is 5. The molecule has 1 atom stereocenters. The lowest BCUT2D eigenvalue weighted by Gasteiger charge is -2.23. The van der Waals surface area contributed by atoms with E-state index in [-0.39, 0.29) is 0 Å². The van der Waals surface area contributed by atoms with Crippen LogP contribution >= 0.6 is 0 Å². The summed E-state index contributed by atoms with van der Waals surface area (Å²) in [7, 11) is 1.73. The minimum Gasteiger partial charge on any atom is -0.396 e. The number of nitrogens with zero attached hydrogens (tertiary/aromatic N) is 1. The Morgan fingerprint density at radius 2 is 2.42 bits per heavy atom. The highest BCUT2D eigenvalue weighted by molar-refractivity contribution is 4.78. The fourth-order valence-electron chi connectivity index (χ4n) is 1.87. The molecule has 1 heterocycles. The van der Waals surface area contributed by atoms with Gasteiger partial charge in [-0.2, -0.15) is 0 Å². The molecule has 3 heteroatoms. The molecule has 0 aromatic carbocycles. The van der Waals surface area contributed by atoms with E-state index < -0.39 is 0 Å². The standard InChI is InChI=1S/C9H19NO2/c1-12-8-6-10-5-2-3-9(10)4-7-11/h9,11H,2-8H2,1H3. The van der Waals surface area contributed by atoms with Gasteiger partial charge in [-0.05, 0) is 25.8 Å². The first-order valence-corrected chi connectivity index (χ1v) is 4.72. The molecule has 3 nitrogen and oxygen atoms in total. The highest BCUT2D eigenvalue weighted by atomic mass is 16.5. The van der Waals surface area contributed by atoms with Gasteiger partial charge >= 0.3 is 0 Å². The second kappa shape index (κ2) is 5.51. The number of methoxy groups -OCH3 is 1. The summed E-state index contributed by atoms with van der Waals surface area (Å²) in [6, 6.07) is 0.602. The molecule has 0 amide bonds. The molecule has 0 radical (unpaired) electrons. The number of hydrogen-bond acceptors (Lipinski definition) is 3. The van der Waals surface area contributed by atoms with Crippen LogP contribution in [0.25, 0.3) is 0 Å². The molecule has 12 heavy (non-hydrogen) atoms. The summed E-state index contributed by atoms with van der Waals surface area (Å²) < 4.78 is 5.03. The van der Waals surface area contributed by atoms with E-state index in [2.05, 4.69) is 4.90 Å². The zero-order chi connectivity index (χ0) is 8.81. The Morgan fingerprint density at radius 3 is 3.08 bits per heavy atom. The topological polar surface area (TPSA) is 32.7 Å². The molecule has 0 saturated carbocycles. The summed E-state index contributed by atoms with van der Waals surface area (Å²) in [5.74, 6) is 0. The molecule has 1 aliphatic heterocycles. The van der Waals surface area contributed by atoms with Gasteiger partial charge in [0.05, 0.1) is 6.61 Å². The quantitative estimate of drug-likeness (QED) is 0.656. The summed E-state index contributed by atoms with van der Waals surface area (Å²) in [4.78, 5) is 2.42. The highest BCUT2D eigenvalue weighted by Crippen LogP contribution is 2.18. The monoisotopic (exact) mass is 173 g/mol. The SMILES string of the molecule is COCCN1CCCC1CCO. The van der Waals surface area contributed by atoms with Crippen molar-refractivity contribution >= 4 is 0 Å². The molecule has 72 valence electrons. The van der Waals surface area contributed by atoms with E-state index in [1.165, 1.54) is 19.4 Å². The van der Waals surface area contributed by atoms with Crippen molar-refractivity contribution in [3.63, 3.8) is 0 Å². The molecule has 1 aliphatic rings. The molecule has 0 aromatic heterocycles. The first-order valence-electron chi connectivity index (χ1n) is 4.72. The van der Waals surface area contributed by atoms with Crippen LogP contribution in [0, 0.1) is 0 Å². The summed E-state index contributed by atoms with van der Waals surface area (Å²) in [6.07, 6.45) is 3.43. The smallest absolute Gasteiger partial charge is 0.0589 e. The van der Waals surface area contributed by atoms with Crippen LogP contribution in [0.2, 0.25) is 0 Å². The van der Waals surface area contributed by atoms with E-state index in [0.29, 0.717) is 12.6 Å². The number of ether oxygens (including phenoxy) is 1. The Morgan fingerprint density at radius 1 is 1.58 bits per heavy atom. The first-order chi connectivity index (χ1) is 5.88. The maximum Gasteiger partial charge on any atom is 0.0589 e. The van der Waals surface area contributed by atoms with Gasteiger partial charge in [-0.25, -0.2) is 0 Å². The maximum atomic E-state index is 8.81. The molecule has 0 aliphatic carbocycles. The Bertz CT molecular complexity index is 119. The highest BCUT2D eigenvalue weighted by Gasteiger charge is 2.22. The molecular weight excluding hydrogens is 154 g/mol. The molecule has 1 rings (SSSR count). The van der Waals surface area contributed by atoms with Gasteiger partial charge in [-0.15, -0.1) is 0 Å².